The Balaban J connectivity index is 1.14. The molecule has 0 fully saturated rings. The monoisotopic (exact) mass is 674 g/mol. The Morgan fingerprint density at radius 3 is 1.60 bits per heavy atom. The molecule has 248 valence electrons. The minimum Gasteiger partial charge on any atom is -0.228 e. The molecule has 0 N–H and O–H groups in total. The number of aromatic nitrogens is 2. The van der Waals surface area contributed by atoms with E-state index in [0.717, 1.165) is 33.5 Å². The van der Waals surface area contributed by atoms with E-state index >= 15 is 0 Å². The smallest absolute Gasteiger partial charge is 0.160 e. The summed E-state index contributed by atoms with van der Waals surface area (Å²) in [7, 11) is 0. The highest BCUT2D eigenvalue weighted by Crippen LogP contribution is 2.52. The summed E-state index contributed by atoms with van der Waals surface area (Å²) in [5.41, 5.74) is 16.4. The maximum Gasteiger partial charge on any atom is 0.160 e. The van der Waals surface area contributed by atoms with Gasteiger partial charge < -0.3 is 0 Å². The van der Waals surface area contributed by atoms with Crippen LogP contribution in [0.2, 0.25) is 0 Å². The quantitative estimate of drug-likeness (QED) is 0.175. The van der Waals surface area contributed by atoms with Crippen LogP contribution in [0.4, 0.5) is 0 Å². The molecule has 0 bridgehead atoms. The molecule has 2 heteroatoms. The van der Waals surface area contributed by atoms with Crippen LogP contribution in [0.25, 0.3) is 78.1 Å². The summed E-state index contributed by atoms with van der Waals surface area (Å²) < 4.78 is 0. The molecule has 1 unspecified atom stereocenters. The van der Waals surface area contributed by atoms with Crippen LogP contribution in [-0.2, 0) is 0 Å². The molecule has 0 spiro atoms. The molecule has 53 heavy (non-hydrogen) atoms. The van der Waals surface area contributed by atoms with Crippen molar-refractivity contribution in [3.05, 3.63) is 217 Å². The topological polar surface area (TPSA) is 25.8 Å². The van der Waals surface area contributed by atoms with Gasteiger partial charge >= 0.3 is 0 Å². The summed E-state index contributed by atoms with van der Waals surface area (Å²) in [5, 5.41) is 2.37. The number of benzene rings is 8. The van der Waals surface area contributed by atoms with E-state index in [0.29, 0.717) is 5.82 Å². The summed E-state index contributed by atoms with van der Waals surface area (Å²) in [5.74, 6) is 0.910. The normalized spacial score (nSPS) is 13.1. The van der Waals surface area contributed by atoms with Gasteiger partial charge in [-0.25, -0.2) is 9.97 Å². The van der Waals surface area contributed by atoms with E-state index in [4.69, 9.17) is 9.97 Å². The van der Waals surface area contributed by atoms with Crippen molar-refractivity contribution in [2.45, 2.75) is 5.92 Å². The maximum absolute atomic E-state index is 5.24. The van der Waals surface area contributed by atoms with E-state index in [1.54, 1.807) is 0 Å². The first kappa shape index (κ1) is 30.9. The molecular formula is C51H34N2. The molecule has 2 nitrogen and oxygen atoms in total. The molecule has 1 aromatic heterocycles. The van der Waals surface area contributed by atoms with Gasteiger partial charge in [0.25, 0.3) is 0 Å². The van der Waals surface area contributed by atoms with Crippen LogP contribution in [0, 0.1) is 0 Å². The molecule has 1 aliphatic carbocycles. The molecule has 0 radical (unpaired) electrons. The van der Waals surface area contributed by atoms with Gasteiger partial charge in [0.05, 0.1) is 11.4 Å². The Kier molecular flexibility index (Phi) is 7.58. The number of nitrogens with zero attached hydrogens (tertiary/aromatic N) is 2. The fourth-order valence-electron chi connectivity index (χ4n) is 8.16. The zero-order valence-electron chi connectivity index (χ0n) is 29.0. The van der Waals surface area contributed by atoms with Crippen molar-refractivity contribution in [3.63, 3.8) is 0 Å². The second kappa shape index (κ2) is 13.0. The highest BCUT2D eigenvalue weighted by atomic mass is 14.9. The second-order valence-corrected chi connectivity index (χ2v) is 13.7. The predicted octanol–water partition coefficient (Wildman–Crippen LogP) is 13.1. The largest absolute Gasteiger partial charge is 0.228 e. The minimum absolute atomic E-state index is 0.200. The van der Waals surface area contributed by atoms with Crippen molar-refractivity contribution in [1.29, 1.82) is 0 Å². The van der Waals surface area contributed by atoms with Gasteiger partial charge in [0.2, 0.25) is 0 Å². The van der Waals surface area contributed by atoms with Crippen molar-refractivity contribution in [2.24, 2.45) is 0 Å². The molecular weight excluding hydrogens is 641 g/mol. The highest BCUT2D eigenvalue weighted by molar-refractivity contribution is 6.08. The fourth-order valence-corrected chi connectivity index (χ4v) is 8.16. The first-order chi connectivity index (χ1) is 26.3. The van der Waals surface area contributed by atoms with Crippen LogP contribution in [0.5, 0.6) is 0 Å². The lowest BCUT2D eigenvalue weighted by Crippen LogP contribution is -1.99. The average Bonchev–Trinajstić information content (AvgIpc) is 3.59. The van der Waals surface area contributed by atoms with Gasteiger partial charge in [-0.3, -0.25) is 0 Å². The van der Waals surface area contributed by atoms with Crippen LogP contribution in [0.15, 0.2) is 200 Å². The van der Waals surface area contributed by atoms with Crippen LogP contribution in [0.1, 0.15) is 22.6 Å². The van der Waals surface area contributed by atoms with E-state index in [-0.39, 0.29) is 5.92 Å². The molecule has 0 aliphatic heterocycles. The second-order valence-electron chi connectivity index (χ2n) is 13.7. The highest BCUT2D eigenvalue weighted by Gasteiger charge is 2.32. The number of fused-ring (bicyclic) bond motifs is 4. The number of rotatable bonds is 6. The summed E-state index contributed by atoms with van der Waals surface area (Å²) >= 11 is 0. The molecule has 1 atom stereocenters. The van der Waals surface area contributed by atoms with E-state index in [2.05, 4.69) is 176 Å². The number of hydrogen-bond acceptors (Lipinski definition) is 2. The molecule has 0 saturated carbocycles. The van der Waals surface area contributed by atoms with Crippen molar-refractivity contribution in [3.8, 4) is 67.3 Å². The molecule has 1 aliphatic rings. The zero-order chi connectivity index (χ0) is 35.1. The third kappa shape index (κ3) is 5.44. The van der Waals surface area contributed by atoms with Gasteiger partial charge in [0.15, 0.2) is 5.82 Å². The van der Waals surface area contributed by atoms with E-state index in [1.807, 2.05) is 24.3 Å². The van der Waals surface area contributed by atoms with Gasteiger partial charge in [-0.1, -0.05) is 194 Å². The molecule has 8 aromatic carbocycles. The summed E-state index contributed by atoms with van der Waals surface area (Å²) in [6, 6.07) is 71.6. The Morgan fingerprint density at radius 1 is 0.321 bits per heavy atom. The lowest BCUT2D eigenvalue weighted by molar-refractivity contribution is 1.02. The van der Waals surface area contributed by atoms with Crippen molar-refractivity contribution in [2.75, 3.05) is 0 Å². The fraction of sp³-hybridized carbons (Fsp3) is 0.0196. The van der Waals surface area contributed by atoms with Crippen molar-refractivity contribution < 1.29 is 0 Å². The molecule has 1 heterocycles. The predicted molar refractivity (Wildman–Crippen MR) is 220 cm³/mol. The van der Waals surface area contributed by atoms with Crippen LogP contribution in [-0.4, -0.2) is 9.97 Å². The van der Waals surface area contributed by atoms with E-state index < -0.39 is 0 Å². The van der Waals surface area contributed by atoms with Crippen molar-refractivity contribution in [1.82, 2.24) is 9.97 Å². The molecule has 0 saturated heterocycles. The standard InChI is InChI=1S/C51H34N2/c1-4-15-34(16-5-1)35-27-29-36(30-28-35)47-33-48(53-51(52-47)38-19-8-3-9-20-38)42-32-31-41(39-21-10-11-22-40(39)42)43-25-14-26-46-49(37-17-6-2-7-18-37)44-23-12-13-24-45(44)50(43)46/h1-33,49H. The molecule has 9 aromatic rings. The minimum atomic E-state index is 0.200. The first-order valence-electron chi connectivity index (χ1n) is 18.2. The van der Waals surface area contributed by atoms with Crippen LogP contribution >= 0.6 is 0 Å². The SMILES string of the molecule is c1ccc(-c2ccc(-c3cc(-c4ccc(-c5cccc6c5-c5ccccc5C6c5ccccc5)c5ccccc45)nc(-c4ccccc4)n3)cc2)cc1. The molecule has 0 amide bonds. The third-order valence-corrected chi connectivity index (χ3v) is 10.6. The van der Waals surface area contributed by atoms with Gasteiger partial charge in [-0.05, 0) is 66.9 Å². The van der Waals surface area contributed by atoms with Gasteiger partial charge in [0, 0.05) is 22.6 Å². The first-order valence-corrected chi connectivity index (χ1v) is 18.2. The van der Waals surface area contributed by atoms with Crippen molar-refractivity contribution >= 4 is 10.8 Å². The lowest BCUT2D eigenvalue weighted by Gasteiger charge is -2.17. The number of hydrogen-bond donors (Lipinski definition) is 0. The van der Waals surface area contributed by atoms with E-state index in [9.17, 15) is 0 Å². The summed E-state index contributed by atoms with van der Waals surface area (Å²) in [4.78, 5) is 10.4. The zero-order valence-corrected chi connectivity index (χ0v) is 29.0. The van der Waals surface area contributed by atoms with Crippen LogP contribution in [0.3, 0.4) is 0 Å². The Bertz CT molecular complexity index is 2750. The average molecular weight is 675 g/mol. The third-order valence-electron chi connectivity index (χ3n) is 10.6. The summed E-state index contributed by atoms with van der Waals surface area (Å²) in [6.07, 6.45) is 0. The Hall–Kier alpha value is -6.90. The van der Waals surface area contributed by atoms with E-state index in [1.165, 1.54) is 55.5 Å². The van der Waals surface area contributed by atoms with Gasteiger partial charge in [-0.15, -0.1) is 0 Å². The Labute approximate surface area is 309 Å². The van der Waals surface area contributed by atoms with Gasteiger partial charge in [0.1, 0.15) is 0 Å². The van der Waals surface area contributed by atoms with Crippen LogP contribution < -0.4 is 0 Å². The lowest BCUT2D eigenvalue weighted by atomic mass is 9.87. The van der Waals surface area contributed by atoms with Gasteiger partial charge in [-0.2, -0.15) is 0 Å². The summed E-state index contributed by atoms with van der Waals surface area (Å²) in [6.45, 7) is 0. The molecule has 10 rings (SSSR count). The Morgan fingerprint density at radius 2 is 0.849 bits per heavy atom. The maximum atomic E-state index is 5.24.